The number of ether oxygens (including phenoxy) is 2. The number of methoxy groups -OCH3 is 1. The lowest BCUT2D eigenvalue weighted by Gasteiger charge is -2.39. The maximum Gasteiger partial charge on any atom is 0.410 e. The average Bonchev–Trinajstić information content (AvgIpc) is 3.55. The Bertz CT molecular complexity index is 1750. The summed E-state index contributed by atoms with van der Waals surface area (Å²) >= 11 is 0. The first-order valence-electron chi connectivity index (χ1n) is 17.4. The van der Waals surface area contributed by atoms with Gasteiger partial charge in [-0.3, -0.25) is 4.31 Å². The molecule has 0 spiro atoms. The molecule has 0 bridgehead atoms. The van der Waals surface area contributed by atoms with Crippen LogP contribution in [0.4, 0.5) is 10.5 Å². The van der Waals surface area contributed by atoms with E-state index in [0.29, 0.717) is 24.4 Å². The molecule has 49 heavy (non-hydrogen) atoms. The van der Waals surface area contributed by atoms with Gasteiger partial charge in [0.05, 0.1) is 17.7 Å². The summed E-state index contributed by atoms with van der Waals surface area (Å²) in [4.78, 5) is 17.7. The van der Waals surface area contributed by atoms with Crippen molar-refractivity contribution in [1.82, 2.24) is 9.80 Å². The molecule has 9 heteroatoms. The Morgan fingerprint density at radius 2 is 1.47 bits per heavy atom. The topological polar surface area (TPSA) is 79.4 Å². The summed E-state index contributed by atoms with van der Waals surface area (Å²) < 4.78 is 41.7. The van der Waals surface area contributed by atoms with Gasteiger partial charge in [0, 0.05) is 44.3 Å². The minimum absolute atomic E-state index is 0.130. The predicted molar refractivity (Wildman–Crippen MR) is 193 cm³/mol. The lowest BCUT2D eigenvalue weighted by Crippen LogP contribution is -2.48. The summed E-state index contributed by atoms with van der Waals surface area (Å²) in [6, 6.07) is 36.3. The Labute approximate surface area is 291 Å². The summed E-state index contributed by atoms with van der Waals surface area (Å²) in [7, 11) is -2.26. The fourth-order valence-corrected chi connectivity index (χ4v) is 9.36. The molecule has 4 aromatic carbocycles. The Balaban J connectivity index is 1.19. The molecule has 3 atom stereocenters. The molecule has 0 aromatic heterocycles. The van der Waals surface area contributed by atoms with E-state index in [9.17, 15) is 13.2 Å². The van der Waals surface area contributed by atoms with E-state index in [0.717, 1.165) is 44.5 Å². The predicted octanol–water partition coefficient (Wildman–Crippen LogP) is 7.58. The average molecular weight is 682 g/mol. The smallest absolute Gasteiger partial charge is 0.410 e. The summed E-state index contributed by atoms with van der Waals surface area (Å²) in [6.45, 7) is 5.50. The standard InChI is InChI=1S/C40H47N3O5S/c1-3-42(40(44)48-30-31-14-7-4-8-15-31)34-22-24-41(25-23-34)29-33-26-36(28-39(33)32-16-9-5-10-17-32)43(35-18-13-19-37(27-35)47-2)49(45,46)38-20-11-6-12-21-38/h4-21,27,33-34,36,39H,3,22-26,28-30H2,1-2H3. The molecule has 1 amide bonds. The molecule has 0 radical (unpaired) electrons. The Kier molecular flexibility index (Phi) is 11.2. The minimum atomic E-state index is -3.86. The Morgan fingerprint density at radius 1 is 0.816 bits per heavy atom. The van der Waals surface area contributed by atoms with Crippen molar-refractivity contribution in [3.8, 4) is 5.75 Å². The molecule has 1 saturated carbocycles. The van der Waals surface area contributed by atoms with E-state index in [1.54, 1.807) is 35.7 Å². The van der Waals surface area contributed by atoms with Crippen molar-refractivity contribution in [3.05, 3.63) is 126 Å². The molecule has 8 nitrogen and oxygen atoms in total. The highest BCUT2D eigenvalue weighted by Crippen LogP contribution is 2.45. The molecular formula is C40H47N3O5S. The minimum Gasteiger partial charge on any atom is -0.497 e. The number of hydrogen-bond donors (Lipinski definition) is 0. The summed E-state index contributed by atoms with van der Waals surface area (Å²) in [6.07, 6.45) is 2.93. The maximum atomic E-state index is 14.4. The summed E-state index contributed by atoms with van der Waals surface area (Å²) in [5.74, 6) is 1.07. The van der Waals surface area contributed by atoms with Crippen LogP contribution in [0.5, 0.6) is 5.75 Å². The van der Waals surface area contributed by atoms with Gasteiger partial charge in [0.15, 0.2) is 0 Å². The van der Waals surface area contributed by atoms with Crippen LogP contribution in [0.25, 0.3) is 0 Å². The number of rotatable bonds is 12. The molecule has 6 rings (SSSR count). The second-order valence-electron chi connectivity index (χ2n) is 13.1. The van der Waals surface area contributed by atoms with E-state index >= 15 is 0 Å². The SMILES string of the molecule is CCN(C(=O)OCc1ccccc1)C1CCN(CC2CC(N(c3cccc(OC)c3)S(=O)(=O)c3ccccc3)CC2c2ccccc2)CC1. The van der Waals surface area contributed by atoms with Crippen molar-refractivity contribution in [2.45, 2.75) is 62.1 Å². The number of likely N-dealkylation sites (tertiary alicyclic amines) is 1. The van der Waals surface area contributed by atoms with E-state index in [2.05, 4.69) is 29.2 Å². The number of amides is 1. The molecule has 0 N–H and O–H groups in total. The lowest BCUT2D eigenvalue weighted by molar-refractivity contribution is 0.0602. The van der Waals surface area contributed by atoms with Gasteiger partial charge < -0.3 is 19.3 Å². The first-order chi connectivity index (χ1) is 23.9. The van der Waals surface area contributed by atoms with Gasteiger partial charge in [-0.1, -0.05) is 84.9 Å². The van der Waals surface area contributed by atoms with Crippen molar-refractivity contribution in [1.29, 1.82) is 0 Å². The number of anilines is 1. The number of hydrogen-bond acceptors (Lipinski definition) is 6. The van der Waals surface area contributed by atoms with E-state index < -0.39 is 10.0 Å². The zero-order valence-corrected chi connectivity index (χ0v) is 29.3. The van der Waals surface area contributed by atoms with Crippen LogP contribution in [0.3, 0.4) is 0 Å². The summed E-state index contributed by atoms with van der Waals surface area (Å²) in [5.41, 5.74) is 2.83. The molecule has 2 fully saturated rings. The number of benzene rings is 4. The second kappa shape index (κ2) is 15.9. The largest absolute Gasteiger partial charge is 0.497 e. The third-order valence-electron chi connectivity index (χ3n) is 10.1. The number of nitrogens with zero attached hydrogens (tertiary/aromatic N) is 3. The lowest BCUT2D eigenvalue weighted by atomic mass is 9.88. The van der Waals surface area contributed by atoms with Crippen molar-refractivity contribution >= 4 is 21.8 Å². The Hall–Kier alpha value is -4.34. The van der Waals surface area contributed by atoms with Gasteiger partial charge in [-0.05, 0) is 79.8 Å². The fourth-order valence-electron chi connectivity index (χ4n) is 7.68. The van der Waals surface area contributed by atoms with Gasteiger partial charge in [0.25, 0.3) is 10.0 Å². The fraction of sp³-hybridized carbons (Fsp3) is 0.375. The third kappa shape index (κ3) is 8.11. The van der Waals surface area contributed by atoms with E-state index in [1.165, 1.54) is 5.56 Å². The van der Waals surface area contributed by atoms with Gasteiger partial charge >= 0.3 is 6.09 Å². The van der Waals surface area contributed by atoms with Crippen molar-refractivity contribution in [3.63, 3.8) is 0 Å². The van der Waals surface area contributed by atoms with Gasteiger partial charge in [-0.2, -0.15) is 0 Å². The molecule has 1 heterocycles. The van der Waals surface area contributed by atoms with Crippen LogP contribution in [-0.2, 0) is 21.4 Å². The zero-order chi connectivity index (χ0) is 34.2. The molecule has 2 aliphatic rings. The van der Waals surface area contributed by atoms with Crippen LogP contribution in [0.15, 0.2) is 120 Å². The van der Waals surface area contributed by atoms with Crippen LogP contribution in [0.2, 0.25) is 0 Å². The van der Waals surface area contributed by atoms with Crippen molar-refractivity contribution < 1.29 is 22.7 Å². The first-order valence-corrected chi connectivity index (χ1v) is 18.8. The van der Waals surface area contributed by atoms with E-state index in [4.69, 9.17) is 9.47 Å². The van der Waals surface area contributed by atoms with Crippen LogP contribution in [0, 0.1) is 5.92 Å². The van der Waals surface area contributed by atoms with Crippen molar-refractivity contribution in [2.24, 2.45) is 5.92 Å². The molecular weight excluding hydrogens is 635 g/mol. The van der Waals surface area contributed by atoms with Gasteiger partial charge in [0.1, 0.15) is 12.4 Å². The number of carbonyl (C=O) groups excluding carboxylic acids is 1. The Morgan fingerprint density at radius 3 is 2.12 bits per heavy atom. The molecule has 1 saturated heterocycles. The highest BCUT2D eigenvalue weighted by atomic mass is 32.2. The quantitative estimate of drug-likeness (QED) is 0.154. The van der Waals surface area contributed by atoms with Gasteiger partial charge in [-0.15, -0.1) is 0 Å². The molecule has 4 aromatic rings. The highest BCUT2D eigenvalue weighted by molar-refractivity contribution is 7.92. The van der Waals surface area contributed by atoms with Crippen LogP contribution in [-0.4, -0.2) is 69.7 Å². The second-order valence-corrected chi connectivity index (χ2v) is 14.9. The van der Waals surface area contributed by atoms with Gasteiger partial charge in [0.2, 0.25) is 0 Å². The van der Waals surface area contributed by atoms with Crippen LogP contribution < -0.4 is 9.04 Å². The monoisotopic (exact) mass is 681 g/mol. The van der Waals surface area contributed by atoms with E-state index in [1.807, 2.05) is 78.6 Å². The highest BCUT2D eigenvalue weighted by Gasteiger charge is 2.43. The molecule has 1 aliphatic heterocycles. The molecule has 258 valence electrons. The van der Waals surface area contributed by atoms with Crippen molar-refractivity contribution in [2.75, 3.05) is 37.6 Å². The number of carbonyl (C=O) groups is 1. The van der Waals surface area contributed by atoms with E-state index in [-0.39, 0.29) is 41.5 Å². The first kappa shape index (κ1) is 34.5. The number of piperidine rings is 1. The number of sulfonamides is 1. The zero-order valence-electron chi connectivity index (χ0n) is 28.4. The molecule has 3 unspecified atom stereocenters. The normalized spacial score (nSPS) is 20.1. The summed E-state index contributed by atoms with van der Waals surface area (Å²) in [5, 5.41) is 0. The van der Waals surface area contributed by atoms with Crippen LogP contribution in [0.1, 0.15) is 49.7 Å². The third-order valence-corrected chi connectivity index (χ3v) is 12.0. The van der Waals surface area contributed by atoms with Gasteiger partial charge in [-0.25, -0.2) is 13.2 Å². The maximum absolute atomic E-state index is 14.4. The molecule has 1 aliphatic carbocycles. The van der Waals surface area contributed by atoms with Crippen LogP contribution >= 0.6 is 0 Å².